The molecule has 4 rings (SSSR count). The Kier molecular flexibility index (Phi) is 9.00. The standard InChI is InChI=1S/C29H41F2N5O/c1-4-20(2)28(32)36(21(3)33-27-12-9-23(30)19-26(27)31)25-10-7-22(8-11-25)29(37)35-17-13-24(14-18-35)34-15-5-6-16-34/h4,9,12,19,22,24-25,32-33H,3,5-8,10-11,13-18H2,1-2H3/b20-4-,32-28?. The van der Waals surface area contributed by atoms with Crippen molar-refractivity contribution in [1.29, 1.82) is 5.41 Å². The van der Waals surface area contributed by atoms with Crippen LogP contribution in [0.2, 0.25) is 0 Å². The second kappa shape index (κ2) is 12.2. The second-order valence-corrected chi connectivity index (χ2v) is 10.7. The smallest absolute Gasteiger partial charge is 0.225 e. The number of anilines is 1. The van der Waals surface area contributed by atoms with Gasteiger partial charge in [0.05, 0.1) is 5.69 Å². The summed E-state index contributed by atoms with van der Waals surface area (Å²) in [5, 5.41) is 11.7. The molecule has 0 spiro atoms. The van der Waals surface area contributed by atoms with Crippen molar-refractivity contribution in [3.63, 3.8) is 0 Å². The molecule has 1 saturated carbocycles. The van der Waals surface area contributed by atoms with Gasteiger partial charge in [0.2, 0.25) is 5.91 Å². The van der Waals surface area contributed by atoms with Crippen molar-refractivity contribution in [2.75, 3.05) is 31.5 Å². The quantitative estimate of drug-likeness (QED) is 0.361. The fourth-order valence-electron chi connectivity index (χ4n) is 6.07. The third-order valence-corrected chi connectivity index (χ3v) is 8.39. The van der Waals surface area contributed by atoms with Gasteiger partial charge in [0.15, 0.2) is 0 Å². The number of nitrogens with one attached hydrogen (secondary N) is 2. The third kappa shape index (κ3) is 6.40. The fraction of sp³-hybridized carbons (Fsp3) is 0.586. The lowest BCUT2D eigenvalue weighted by atomic mass is 9.83. The number of piperidine rings is 1. The van der Waals surface area contributed by atoms with Gasteiger partial charge in [-0.3, -0.25) is 10.2 Å². The highest BCUT2D eigenvalue weighted by molar-refractivity contribution is 5.96. The number of hydrogen-bond donors (Lipinski definition) is 2. The summed E-state index contributed by atoms with van der Waals surface area (Å²) in [7, 11) is 0. The molecule has 2 N–H and O–H groups in total. The Hall–Kier alpha value is -2.74. The zero-order valence-electron chi connectivity index (χ0n) is 22.2. The van der Waals surface area contributed by atoms with Crippen LogP contribution >= 0.6 is 0 Å². The van der Waals surface area contributed by atoms with Gasteiger partial charge in [0, 0.05) is 37.2 Å². The summed E-state index contributed by atoms with van der Waals surface area (Å²) < 4.78 is 27.7. The Morgan fingerprint density at radius 2 is 1.73 bits per heavy atom. The van der Waals surface area contributed by atoms with Gasteiger partial charge in [-0.15, -0.1) is 0 Å². The molecule has 1 aromatic rings. The Bertz CT molecular complexity index is 1020. The molecule has 3 fully saturated rings. The number of hydrogen-bond acceptors (Lipinski definition) is 4. The number of amides is 1. The average Bonchev–Trinajstić information content (AvgIpc) is 3.45. The number of nitrogens with zero attached hydrogens (tertiary/aromatic N) is 3. The van der Waals surface area contributed by atoms with Crippen LogP contribution in [0.1, 0.15) is 65.2 Å². The van der Waals surface area contributed by atoms with Crippen LogP contribution in [0.25, 0.3) is 0 Å². The van der Waals surface area contributed by atoms with Gasteiger partial charge in [-0.25, -0.2) is 8.78 Å². The highest BCUT2D eigenvalue weighted by atomic mass is 19.1. The Labute approximate surface area is 219 Å². The number of carbonyl (C=O) groups excluding carboxylic acids is 1. The summed E-state index contributed by atoms with van der Waals surface area (Å²) in [5.41, 5.74) is 0.894. The van der Waals surface area contributed by atoms with E-state index in [-0.39, 0.29) is 23.6 Å². The van der Waals surface area contributed by atoms with Crippen molar-refractivity contribution >= 4 is 17.4 Å². The normalized spacial score (nSPS) is 23.7. The molecule has 0 unspecified atom stereocenters. The summed E-state index contributed by atoms with van der Waals surface area (Å²) in [4.78, 5) is 19.8. The molecule has 0 atom stereocenters. The third-order valence-electron chi connectivity index (χ3n) is 8.39. The maximum Gasteiger partial charge on any atom is 0.225 e. The maximum atomic E-state index is 14.3. The number of amidine groups is 1. The van der Waals surface area contributed by atoms with Crippen LogP contribution in [-0.2, 0) is 4.79 Å². The number of likely N-dealkylation sites (tertiary alicyclic amines) is 2. The minimum absolute atomic E-state index is 0.00852. The van der Waals surface area contributed by atoms with E-state index in [9.17, 15) is 13.6 Å². The predicted octanol–water partition coefficient (Wildman–Crippen LogP) is 5.74. The van der Waals surface area contributed by atoms with E-state index >= 15 is 0 Å². The van der Waals surface area contributed by atoms with Gasteiger partial charge < -0.3 is 20.0 Å². The predicted molar refractivity (Wildman–Crippen MR) is 144 cm³/mol. The van der Waals surface area contributed by atoms with E-state index in [1.165, 1.54) is 38.1 Å². The first-order valence-electron chi connectivity index (χ1n) is 13.7. The minimum Gasteiger partial charge on any atom is -0.342 e. The van der Waals surface area contributed by atoms with Crippen molar-refractivity contribution < 1.29 is 13.6 Å². The molecule has 0 aromatic heterocycles. The molecule has 37 heavy (non-hydrogen) atoms. The Morgan fingerprint density at radius 1 is 1.08 bits per heavy atom. The van der Waals surface area contributed by atoms with Crippen molar-refractivity contribution in [2.45, 2.75) is 77.3 Å². The van der Waals surface area contributed by atoms with E-state index in [0.717, 1.165) is 63.3 Å². The Balaban J connectivity index is 1.36. The molecular weight excluding hydrogens is 472 g/mol. The van der Waals surface area contributed by atoms with Crippen LogP contribution in [0, 0.1) is 23.0 Å². The average molecular weight is 514 g/mol. The zero-order chi connectivity index (χ0) is 26.5. The molecule has 0 radical (unpaired) electrons. The summed E-state index contributed by atoms with van der Waals surface area (Å²) in [6.07, 6.45) is 9.59. The van der Waals surface area contributed by atoms with Crippen LogP contribution in [0.3, 0.4) is 0 Å². The first-order valence-corrected chi connectivity index (χ1v) is 13.7. The Morgan fingerprint density at radius 3 is 2.32 bits per heavy atom. The highest BCUT2D eigenvalue weighted by Crippen LogP contribution is 2.33. The lowest BCUT2D eigenvalue weighted by Gasteiger charge is -2.41. The van der Waals surface area contributed by atoms with Gasteiger partial charge in [-0.1, -0.05) is 12.7 Å². The first kappa shape index (κ1) is 27.3. The van der Waals surface area contributed by atoms with Gasteiger partial charge >= 0.3 is 0 Å². The van der Waals surface area contributed by atoms with Gasteiger partial charge in [0.25, 0.3) is 0 Å². The molecular formula is C29H41F2N5O. The van der Waals surface area contributed by atoms with Gasteiger partial charge in [-0.05, 0) is 96.0 Å². The maximum absolute atomic E-state index is 14.3. The number of halogens is 2. The van der Waals surface area contributed by atoms with Crippen LogP contribution < -0.4 is 5.32 Å². The van der Waals surface area contributed by atoms with Gasteiger partial charge in [-0.2, -0.15) is 0 Å². The van der Waals surface area contributed by atoms with Crippen molar-refractivity contribution in [2.24, 2.45) is 5.92 Å². The summed E-state index contributed by atoms with van der Waals surface area (Å²) in [6.45, 7) is 11.9. The van der Waals surface area contributed by atoms with Crippen LogP contribution in [0.15, 0.2) is 42.2 Å². The van der Waals surface area contributed by atoms with E-state index in [4.69, 9.17) is 5.41 Å². The van der Waals surface area contributed by atoms with E-state index < -0.39 is 11.6 Å². The van der Waals surface area contributed by atoms with Crippen molar-refractivity contribution in [1.82, 2.24) is 14.7 Å². The number of carbonyl (C=O) groups is 1. The topological polar surface area (TPSA) is 62.7 Å². The van der Waals surface area contributed by atoms with Crippen molar-refractivity contribution in [3.8, 4) is 0 Å². The summed E-state index contributed by atoms with van der Waals surface area (Å²) in [6, 6.07) is 3.95. The molecule has 2 saturated heterocycles. The molecule has 2 heterocycles. The van der Waals surface area contributed by atoms with E-state index in [1.807, 2.05) is 19.9 Å². The molecule has 8 heteroatoms. The van der Waals surface area contributed by atoms with Gasteiger partial charge in [0.1, 0.15) is 23.3 Å². The SMILES string of the molecule is C=C(Nc1ccc(F)cc1F)N(C(=N)/C(C)=C\C)C1CCC(C(=O)N2CCC(N3CCCC3)CC2)CC1. The molecule has 202 valence electrons. The van der Waals surface area contributed by atoms with E-state index in [2.05, 4.69) is 21.7 Å². The summed E-state index contributed by atoms with van der Waals surface area (Å²) in [5.74, 6) is -0.412. The molecule has 1 amide bonds. The molecule has 3 aliphatic rings. The second-order valence-electron chi connectivity index (χ2n) is 10.7. The lowest BCUT2D eigenvalue weighted by Crippen LogP contribution is -2.49. The molecule has 0 bridgehead atoms. The minimum atomic E-state index is -0.710. The molecule has 2 aliphatic heterocycles. The van der Waals surface area contributed by atoms with Crippen LogP contribution in [-0.4, -0.2) is 64.7 Å². The molecule has 1 aliphatic carbocycles. The van der Waals surface area contributed by atoms with Crippen molar-refractivity contribution in [3.05, 3.63) is 53.9 Å². The molecule has 6 nitrogen and oxygen atoms in total. The van der Waals surface area contributed by atoms with E-state index in [1.54, 1.807) is 4.90 Å². The molecule has 1 aromatic carbocycles. The largest absolute Gasteiger partial charge is 0.342 e. The monoisotopic (exact) mass is 513 g/mol. The number of benzene rings is 1. The van der Waals surface area contributed by atoms with Crippen LogP contribution in [0.5, 0.6) is 0 Å². The highest BCUT2D eigenvalue weighted by Gasteiger charge is 2.36. The first-order chi connectivity index (χ1) is 17.8. The van der Waals surface area contributed by atoms with E-state index in [0.29, 0.717) is 17.7 Å². The lowest BCUT2D eigenvalue weighted by molar-refractivity contribution is -0.138. The fourth-order valence-corrected chi connectivity index (χ4v) is 6.07. The summed E-state index contributed by atoms with van der Waals surface area (Å²) >= 11 is 0. The number of rotatable bonds is 7. The number of allylic oxidation sites excluding steroid dienone is 1. The zero-order valence-corrected chi connectivity index (χ0v) is 22.2. The van der Waals surface area contributed by atoms with Crippen LogP contribution in [0.4, 0.5) is 14.5 Å².